The minimum Gasteiger partial charge on any atom is -0.491 e. The van der Waals surface area contributed by atoms with Crippen LogP contribution in [0.4, 0.5) is 13.2 Å². The van der Waals surface area contributed by atoms with Crippen molar-refractivity contribution in [1.29, 1.82) is 0 Å². The van der Waals surface area contributed by atoms with Crippen LogP contribution >= 0.6 is 0 Å². The summed E-state index contributed by atoms with van der Waals surface area (Å²) in [7, 11) is 0. The van der Waals surface area contributed by atoms with E-state index in [0.717, 1.165) is 0 Å². The molecule has 0 spiro atoms. The lowest BCUT2D eigenvalue weighted by Crippen LogP contribution is -2.16. The third-order valence-electron chi connectivity index (χ3n) is 3.50. The fourth-order valence-electron chi connectivity index (χ4n) is 2.57. The standard InChI is InChI=1S/C16H17F3O/c1-4-20-12-7-5-6-11(15(12)18)13-9(2)8-10(3)14(17)16(13)19/h5-9,13H,4H2,1-3H3. The molecular weight excluding hydrogens is 265 g/mol. The summed E-state index contributed by atoms with van der Waals surface area (Å²) in [5.41, 5.74) is 0.382. The lowest BCUT2D eigenvalue weighted by atomic mass is 9.81. The van der Waals surface area contributed by atoms with Crippen LogP contribution < -0.4 is 4.74 Å². The van der Waals surface area contributed by atoms with Gasteiger partial charge in [0.15, 0.2) is 17.4 Å². The van der Waals surface area contributed by atoms with Crippen LogP contribution in [0.15, 0.2) is 41.5 Å². The largest absolute Gasteiger partial charge is 0.491 e. The maximum Gasteiger partial charge on any atom is 0.168 e. The van der Waals surface area contributed by atoms with Gasteiger partial charge in [-0.1, -0.05) is 25.1 Å². The second kappa shape index (κ2) is 5.73. The van der Waals surface area contributed by atoms with E-state index in [-0.39, 0.29) is 22.8 Å². The molecule has 0 heterocycles. The van der Waals surface area contributed by atoms with Gasteiger partial charge in [-0.05, 0) is 31.4 Å². The fourth-order valence-corrected chi connectivity index (χ4v) is 2.57. The summed E-state index contributed by atoms with van der Waals surface area (Å²) < 4.78 is 47.4. The topological polar surface area (TPSA) is 9.23 Å². The van der Waals surface area contributed by atoms with Crippen molar-refractivity contribution in [2.24, 2.45) is 5.92 Å². The predicted octanol–water partition coefficient (Wildman–Crippen LogP) is 5.05. The number of allylic oxidation sites excluding steroid dienone is 4. The molecule has 0 saturated carbocycles. The number of halogens is 3. The van der Waals surface area contributed by atoms with Crippen LogP contribution in [0.5, 0.6) is 5.75 Å². The van der Waals surface area contributed by atoms with Crippen LogP contribution in [0.25, 0.3) is 0 Å². The molecule has 0 aromatic heterocycles. The predicted molar refractivity (Wildman–Crippen MR) is 72.5 cm³/mol. The van der Waals surface area contributed by atoms with Gasteiger partial charge in [0.25, 0.3) is 0 Å². The first kappa shape index (κ1) is 14.7. The zero-order chi connectivity index (χ0) is 14.9. The lowest BCUT2D eigenvalue weighted by Gasteiger charge is -2.26. The molecule has 1 aromatic carbocycles. The minimum atomic E-state index is -0.945. The van der Waals surface area contributed by atoms with E-state index in [1.165, 1.54) is 19.1 Å². The van der Waals surface area contributed by atoms with Crippen LogP contribution in [0.3, 0.4) is 0 Å². The quantitative estimate of drug-likeness (QED) is 0.753. The van der Waals surface area contributed by atoms with Gasteiger partial charge >= 0.3 is 0 Å². The third kappa shape index (κ3) is 2.47. The second-order valence-corrected chi connectivity index (χ2v) is 4.94. The SMILES string of the molecule is CCOc1cccc(C2C(F)=C(F)C(C)=CC2C)c1F. The van der Waals surface area contributed by atoms with Gasteiger partial charge < -0.3 is 4.74 Å². The molecule has 20 heavy (non-hydrogen) atoms. The van der Waals surface area contributed by atoms with E-state index in [1.807, 2.05) is 0 Å². The molecule has 0 radical (unpaired) electrons. The van der Waals surface area contributed by atoms with Gasteiger partial charge in [0.1, 0.15) is 5.83 Å². The lowest BCUT2D eigenvalue weighted by molar-refractivity contribution is 0.317. The van der Waals surface area contributed by atoms with Gasteiger partial charge in [0.05, 0.1) is 6.61 Å². The van der Waals surface area contributed by atoms with E-state index in [1.54, 1.807) is 26.0 Å². The molecule has 2 rings (SSSR count). The third-order valence-corrected chi connectivity index (χ3v) is 3.50. The zero-order valence-corrected chi connectivity index (χ0v) is 11.7. The van der Waals surface area contributed by atoms with Crippen molar-refractivity contribution >= 4 is 0 Å². The number of rotatable bonds is 3. The highest BCUT2D eigenvalue weighted by atomic mass is 19.2. The molecule has 0 amide bonds. The highest BCUT2D eigenvalue weighted by molar-refractivity contribution is 5.43. The van der Waals surface area contributed by atoms with E-state index >= 15 is 0 Å². The number of hydrogen-bond acceptors (Lipinski definition) is 1. The van der Waals surface area contributed by atoms with E-state index in [2.05, 4.69) is 0 Å². The highest BCUT2D eigenvalue weighted by Crippen LogP contribution is 2.43. The van der Waals surface area contributed by atoms with Crippen molar-refractivity contribution in [3.63, 3.8) is 0 Å². The van der Waals surface area contributed by atoms with Gasteiger partial charge in [0, 0.05) is 11.5 Å². The summed E-state index contributed by atoms with van der Waals surface area (Å²) in [6, 6.07) is 4.54. The first-order valence-corrected chi connectivity index (χ1v) is 6.62. The first-order chi connectivity index (χ1) is 9.47. The van der Waals surface area contributed by atoms with Gasteiger partial charge in [-0.3, -0.25) is 0 Å². The van der Waals surface area contributed by atoms with Gasteiger partial charge in [0.2, 0.25) is 0 Å². The Kier molecular flexibility index (Phi) is 4.21. The number of benzene rings is 1. The average Bonchev–Trinajstić information content (AvgIpc) is 2.40. The van der Waals surface area contributed by atoms with E-state index < -0.39 is 23.4 Å². The molecule has 0 fully saturated rings. The van der Waals surface area contributed by atoms with E-state index in [9.17, 15) is 13.2 Å². The fraction of sp³-hybridized carbons (Fsp3) is 0.375. The molecule has 0 saturated heterocycles. The van der Waals surface area contributed by atoms with E-state index in [4.69, 9.17) is 4.74 Å². The van der Waals surface area contributed by atoms with Gasteiger partial charge in [-0.25, -0.2) is 13.2 Å². The Morgan fingerprint density at radius 3 is 2.55 bits per heavy atom. The molecule has 0 N–H and O–H groups in total. The summed E-state index contributed by atoms with van der Waals surface area (Å²) in [5, 5.41) is 0. The van der Waals surface area contributed by atoms with Crippen LogP contribution in [0, 0.1) is 11.7 Å². The average molecular weight is 282 g/mol. The molecular formula is C16H17F3O. The smallest absolute Gasteiger partial charge is 0.168 e. The molecule has 1 nitrogen and oxygen atoms in total. The Labute approximate surface area is 116 Å². The minimum absolute atomic E-state index is 0.0664. The molecule has 1 aliphatic carbocycles. The maximum atomic E-state index is 14.4. The summed E-state index contributed by atoms with van der Waals surface area (Å²) in [6.45, 7) is 5.30. The highest BCUT2D eigenvalue weighted by Gasteiger charge is 2.33. The van der Waals surface area contributed by atoms with Crippen molar-refractivity contribution in [3.05, 3.63) is 52.9 Å². The summed E-state index contributed by atoms with van der Waals surface area (Å²) in [4.78, 5) is 0. The summed E-state index contributed by atoms with van der Waals surface area (Å²) in [6.07, 6.45) is 1.62. The second-order valence-electron chi connectivity index (χ2n) is 4.94. The normalized spacial score (nSPS) is 22.8. The van der Waals surface area contributed by atoms with Crippen molar-refractivity contribution in [2.75, 3.05) is 6.61 Å². The molecule has 2 atom stereocenters. The monoisotopic (exact) mass is 282 g/mol. The Hall–Kier alpha value is -1.71. The van der Waals surface area contributed by atoms with Crippen molar-refractivity contribution < 1.29 is 17.9 Å². The van der Waals surface area contributed by atoms with Crippen molar-refractivity contribution in [2.45, 2.75) is 26.7 Å². The Balaban J connectivity index is 2.49. The van der Waals surface area contributed by atoms with Gasteiger partial charge in [-0.2, -0.15) is 0 Å². The summed E-state index contributed by atoms with van der Waals surface area (Å²) in [5.74, 6) is -3.63. The molecule has 108 valence electrons. The first-order valence-electron chi connectivity index (χ1n) is 6.62. The zero-order valence-electron chi connectivity index (χ0n) is 11.7. The Bertz CT molecular complexity index is 575. The molecule has 0 aliphatic heterocycles. The summed E-state index contributed by atoms with van der Waals surface area (Å²) >= 11 is 0. The van der Waals surface area contributed by atoms with Crippen LogP contribution in [-0.4, -0.2) is 6.61 Å². The Morgan fingerprint density at radius 1 is 1.20 bits per heavy atom. The molecule has 4 heteroatoms. The molecule has 1 aromatic rings. The van der Waals surface area contributed by atoms with E-state index in [0.29, 0.717) is 6.61 Å². The molecule has 0 bridgehead atoms. The number of ether oxygens (including phenoxy) is 1. The maximum absolute atomic E-state index is 14.4. The van der Waals surface area contributed by atoms with Crippen molar-refractivity contribution in [3.8, 4) is 5.75 Å². The van der Waals surface area contributed by atoms with Crippen LogP contribution in [0.2, 0.25) is 0 Å². The molecule has 2 unspecified atom stereocenters. The van der Waals surface area contributed by atoms with Gasteiger partial charge in [-0.15, -0.1) is 0 Å². The van der Waals surface area contributed by atoms with Crippen molar-refractivity contribution in [1.82, 2.24) is 0 Å². The van der Waals surface area contributed by atoms with Crippen LogP contribution in [0.1, 0.15) is 32.3 Å². The molecule has 1 aliphatic rings. The van der Waals surface area contributed by atoms with Crippen LogP contribution in [-0.2, 0) is 0 Å². The Morgan fingerprint density at radius 2 is 1.90 bits per heavy atom. The number of hydrogen-bond donors (Lipinski definition) is 0.